The summed E-state index contributed by atoms with van der Waals surface area (Å²) in [4.78, 5) is 11.8. The average molecular weight is 252 g/mol. The Bertz CT molecular complexity index is 402. The number of hydrogen-bond acceptors (Lipinski definition) is 4. The fourth-order valence-electron chi connectivity index (χ4n) is 2.61. The quantitative estimate of drug-likeness (QED) is 0.427. The van der Waals surface area contributed by atoms with Crippen molar-refractivity contribution in [3.8, 4) is 0 Å². The number of ether oxygens (including phenoxy) is 3. The summed E-state index contributed by atoms with van der Waals surface area (Å²) in [5, 5.41) is 0. The van der Waals surface area contributed by atoms with Crippen LogP contribution in [0.2, 0.25) is 0 Å². The Kier molecular flexibility index (Phi) is 3.59. The fourth-order valence-corrected chi connectivity index (χ4v) is 2.61. The molecular weight excluding hydrogens is 232 g/mol. The molecule has 1 saturated heterocycles. The van der Waals surface area contributed by atoms with Gasteiger partial charge in [-0.1, -0.05) is 17.7 Å². The Morgan fingerprint density at radius 2 is 2.22 bits per heavy atom. The van der Waals surface area contributed by atoms with Gasteiger partial charge in [0.05, 0.1) is 0 Å². The molecule has 0 saturated carbocycles. The van der Waals surface area contributed by atoms with E-state index in [4.69, 9.17) is 14.2 Å². The molecule has 2 rings (SSSR count). The zero-order valence-electron chi connectivity index (χ0n) is 11.4. The minimum atomic E-state index is -0.484. The van der Waals surface area contributed by atoms with Crippen molar-refractivity contribution in [3.63, 3.8) is 0 Å². The van der Waals surface area contributed by atoms with Gasteiger partial charge in [-0.05, 0) is 25.8 Å². The number of hydrogen-bond donors (Lipinski definition) is 0. The van der Waals surface area contributed by atoms with Crippen molar-refractivity contribution in [2.24, 2.45) is 5.41 Å². The standard InChI is InChI=1S/C14H20O4/c1-9(2)5-6-14-8-10(12(16-3)17-4)7-11(14)18-13(14)15/h5,8,11-12H,6-7H2,1-4H3/t11-,14+/m0/s1. The molecule has 1 heterocycles. The molecule has 1 aliphatic carbocycles. The van der Waals surface area contributed by atoms with Crippen LogP contribution in [0.3, 0.4) is 0 Å². The van der Waals surface area contributed by atoms with Gasteiger partial charge in [-0.2, -0.15) is 0 Å². The highest BCUT2D eigenvalue weighted by molar-refractivity contribution is 5.87. The lowest BCUT2D eigenvalue weighted by Gasteiger charge is -2.41. The molecule has 0 N–H and O–H groups in total. The van der Waals surface area contributed by atoms with Crippen LogP contribution in [0.25, 0.3) is 0 Å². The number of allylic oxidation sites excluding steroid dienone is 2. The topological polar surface area (TPSA) is 44.8 Å². The van der Waals surface area contributed by atoms with Crippen LogP contribution in [0.15, 0.2) is 23.3 Å². The fraction of sp³-hybridized carbons (Fsp3) is 0.643. The lowest BCUT2D eigenvalue weighted by Crippen LogP contribution is -2.52. The molecular formula is C14H20O4. The third-order valence-electron chi connectivity index (χ3n) is 3.65. The minimum absolute atomic E-state index is 0.0524. The lowest BCUT2D eigenvalue weighted by atomic mass is 9.77. The molecule has 0 spiro atoms. The third-order valence-corrected chi connectivity index (χ3v) is 3.65. The van der Waals surface area contributed by atoms with Crippen LogP contribution >= 0.6 is 0 Å². The first-order chi connectivity index (χ1) is 8.53. The van der Waals surface area contributed by atoms with E-state index in [1.807, 2.05) is 19.9 Å². The van der Waals surface area contributed by atoms with Crippen LogP contribution in [0.1, 0.15) is 26.7 Å². The monoisotopic (exact) mass is 252 g/mol. The van der Waals surface area contributed by atoms with Crippen LogP contribution in [0, 0.1) is 5.41 Å². The van der Waals surface area contributed by atoms with Gasteiger partial charge < -0.3 is 14.2 Å². The minimum Gasteiger partial charge on any atom is -0.460 e. The van der Waals surface area contributed by atoms with Crippen molar-refractivity contribution < 1.29 is 19.0 Å². The van der Waals surface area contributed by atoms with Crippen LogP contribution in [0.5, 0.6) is 0 Å². The number of esters is 1. The molecule has 0 aromatic heterocycles. The molecule has 4 nitrogen and oxygen atoms in total. The highest BCUT2D eigenvalue weighted by Gasteiger charge is 2.59. The molecule has 4 heteroatoms. The maximum atomic E-state index is 11.8. The number of rotatable bonds is 5. The number of carbonyl (C=O) groups is 1. The summed E-state index contributed by atoms with van der Waals surface area (Å²) in [6.45, 7) is 4.06. The van der Waals surface area contributed by atoms with Gasteiger partial charge in [-0.25, -0.2) is 0 Å². The highest BCUT2D eigenvalue weighted by atomic mass is 16.7. The molecule has 0 amide bonds. The van der Waals surface area contributed by atoms with Crippen molar-refractivity contribution in [2.75, 3.05) is 14.2 Å². The molecule has 0 radical (unpaired) electrons. The normalized spacial score (nSPS) is 29.5. The van der Waals surface area contributed by atoms with Crippen LogP contribution in [0.4, 0.5) is 0 Å². The second-order valence-electron chi connectivity index (χ2n) is 5.15. The van der Waals surface area contributed by atoms with E-state index in [2.05, 4.69) is 6.08 Å². The first kappa shape index (κ1) is 13.3. The summed E-state index contributed by atoms with van der Waals surface area (Å²) in [6.07, 6.45) is 5.04. The van der Waals surface area contributed by atoms with Gasteiger partial charge in [-0.15, -0.1) is 0 Å². The van der Waals surface area contributed by atoms with Crippen molar-refractivity contribution in [3.05, 3.63) is 23.3 Å². The molecule has 18 heavy (non-hydrogen) atoms. The van der Waals surface area contributed by atoms with Crippen molar-refractivity contribution in [1.29, 1.82) is 0 Å². The molecule has 1 aliphatic heterocycles. The molecule has 2 aliphatic rings. The van der Waals surface area contributed by atoms with Crippen molar-refractivity contribution >= 4 is 5.97 Å². The summed E-state index contributed by atoms with van der Waals surface area (Å²) < 4.78 is 15.7. The van der Waals surface area contributed by atoms with Gasteiger partial charge in [0.25, 0.3) is 0 Å². The Labute approximate surface area is 108 Å². The largest absolute Gasteiger partial charge is 0.460 e. The van der Waals surface area contributed by atoms with Gasteiger partial charge in [0.15, 0.2) is 6.29 Å². The first-order valence-electron chi connectivity index (χ1n) is 6.15. The average Bonchev–Trinajstić information content (AvgIpc) is 2.62. The highest BCUT2D eigenvalue weighted by Crippen LogP contribution is 2.51. The molecule has 1 fully saturated rings. The molecule has 0 bridgehead atoms. The molecule has 2 atom stereocenters. The number of fused-ring (bicyclic) bond motifs is 1. The molecule has 0 aromatic rings. The second kappa shape index (κ2) is 4.86. The summed E-state index contributed by atoms with van der Waals surface area (Å²) in [5.41, 5.74) is 1.72. The zero-order chi connectivity index (χ0) is 13.3. The van der Waals surface area contributed by atoms with E-state index in [9.17, 15) is 4.79 Å². The molecule has 0 unspecified atom stereocenters. The first-order valence-corrected chi connectivity index (χ1v) is 6.15. The van der Waals surface area contributed by atoms with Crippen molar-refractivity contribution in [1.82, 2.24) is 0 Å². The van der Waals surface area contributed by atoms with E-state index in [0.717, 1.165) is 5.57 Å². The lowest BCUT2D eigenvalue weighted by molar-refractivity contribution is -0.195. The Hall–Kier alpha value is -1.13. The predicted molar refractivity (Wildman–Crippen MR) is 66.9 cm³/mol. The smallest absolute Gasteiger partial charge is 0.320 e. The maximum Gasteiger partial charge on any atom is 0.320 e. The van der Waals surface area contributed by atoms with Crippen LogP contribution in [-0.2, 0) is 19.0 Å². The van der Waals surface area contributed by atoms with E-state index in [1.165, 1.54) is 5.57 Å². The van der Waals surface area contributed by atoms with Crippen LogP contribution in [-0.4, -0.2) is 32.6 Å². The summed E-state index contributed by atoms with van der Waals surface area (Å²) in [5.74, 6) is -0.133. The summed E-state index contributed by atoms with van der Waals surface area (Å²) >= 11 is 0. The van der Waals surface area contributed by atoms with Gasteiger partial charge in [-0.3, -0.25) is 4.79 Å². The Morgan fingerprint density at radius 1 is 1.56 bits per heavy atom. The van der Waals surface area contributed by atoms with E-state index >= 15 is 0 Å². The molecule has 0 aromatic carbocycles. The van der Waals surface area contributed by atoms with Gasteiger partial charge in [0.1, 0.15) is 11.5 Å². The van der Waals surface area contributed by atoms with Crippen LogP contribution < -0.4 is 0 Å². The van der Waals surface area contributed by atoms with E-state index in [1.54, 1.807) is 14.2 Å². The predicted octanol–water partition coefficient (Wildman–Crippen LogP) is 2.20. The summed E-state index contributed by atoms with van der Waals surface area (Å²) in [6, 6.07) is 0. The summed E-state index contributed by atoms with van der Waals surface area (Å²) in [7, 11) is 3.20. The number of carbonyl (C=O) groups excluding carboxylic acids is 1. The third kappa shape index (κ3) is 1.99. The van der Waals surface area contributed by atoms with Gasteiger partial charge in [0, 0.05) is 20.6 Å². The maximum absolute atomic E-state index is 11.8. The number of methoxy groups -OCH3 is 2. The van der Waals surface area contributed by atoms with Crippen molar-refractivity contribution in [2.45, 2.75) is 39.1 Å². The van der Waals surface area contributed by atoms with E-state index < -0.39 is 5.41 Å². The van der Waals surface area contributed by atoms with E-state index in [0.29, 0.717) is 12.8 Å². The van der Waals surface area contributed by atoms with E-state index in [-0.39, 0.29) is 18.4 Å². The Morgan fingerprint density at radius 3 is 2.72 bits per heavy atom. The SMILES string of the molecule is COC(OC)C1=C[C@@]2(CC=C(C)C)C(=O)O[C@H]2C1. The molecule has 100 valence electrons. The van der Waals surface area contributed by atoms with Gasteiger partial charge >= 0.3 is 5.97 Å². The zero-order valence-corrected chi connectivity index (χ0v) is 11.4. The Balaban J connectivity index is 2.21. The van der Waals surface area contributed by atoms with Gasteiger partial charge in [0.2, 0.25) is 0 Å². The second-order valence-corrected chi connectivity index (χ2v) is 5.15.